The second kappa shape index (κ2) is 11.4. The third kappa shape index (κ3) is 10.4. The van der Waals surface area contributed by atoms with Crippen LogP contribution in [0, 0.1) is 5.92 Å². The Balaban J connectivity index is 3.56. The quantitative estimate of drug-likeness (QED) is 0.533. The average molecular weight is 230 g/mol. The molecule has 0 unspecified atom stereocenters. The molecular formula is C13H30N2O. The van der Waals surface area contributed by atoms with Crippen LogP contribution in [0.15, 0.2) is 0 Å². The molecule has 0 atom stereocenters. The van der Waals surface area contributed by atoms with E-state index >= 15 is 0 Å². The molecule has 0 aliphatic carbocycles. The number of nitrogens with two attached hydrogens (primary N) is 1. The summed E-state index contributed by atoms with van der Waals surface area (Å²) in [5, 5.41) is 8.69. The normalized spacial score (nSPS) is 11.6. The van der Waals surface area contributed by atoms with Gasteiger partial charge in [-0.25, -0.2) is 0 Å². The molecule has 0 aromatic carbocycles. The van der Waals surface area contributed by atoms with Crippen molar-refractivity contribution in [3.63, 3.8) is 0 Å². The summed E-state index contributed by atoms with van der Waals surface area (Å²) in [4.78, 5) is 2.52. The molecule has 0 saturated carbocycles. The Morgan fingerprint density at radius 1 is 1.00 bits per heavy atom. The molecule has 0 rings (SSSR count). The smallest absolute Gasteiger partial charge is 0.0431 e. The molecule has 0 bridgehead atoms. The molecule has 0 aromatic heterocycles. The van der Waals surface area contributed by atoms with Gasteiger partial charge in [0.25, 0.3) is 0 Å². The van der Waals surface area contributed by atoms with E-state index in [0.717, 1.165) is 38.3 Å². The fourth-order valence-corrected chi connectivity index (χ4v) is 1.93. The second-order valence-electron chi connectivity index (χ2n) is 4.97. The molecule has 0 aromatic rings. The molecule has 3 heteroatoms. The third-order valence-electron chi connectivity index (χ3n) is 2.68. The first kappa shape index (κ1) is 15.9. The van der Waals surface area contributed by atoms with Crippen molar-refractivity contribution < 1.29 is 5.11 Å². The first-order chi connectivity index (χ1) is 7.70. The summed E-state index contributed by atoms with van der Waals surface area (Å²) in [7, 11) is 0. The van der Waals surface area contributed by atoms with Crippen molar-refractivity contribution in [3.8, 4) is 0 Å². The van der Waals surface area contributed by atoms with Gasteiger partial charge < -0.3 is 15.7 Å². The van der Waals surface area contributed by atoms with E-state index < -0.39 is 0 Å². The summed E-state index contributed by atoms with van der Waals surface area (Å²) >= 11 is 0. The first-order valence-electron chi connectivity index (χ1n) is 6.74. The van der Waals surface area contributed by atoms with Crippen LogP contribution in [-0.4, -0.2) is 42.8 Å². The summed E-state index contributed by atoms with van der Waals surface area (Å²) in [6.45, 7) is 9.16. The highest BCUT2D eigenvalue weighted by molar-refractivity contribution is 4.61. The Bertz CT molecular complexity index is 140. The lowest BCUT2D eigenvalue weighted by Crippen LogP contribution is -2.31. The van der Waals surface area contributed by atoms with Gasteiger partial charge in [0.2, 0.25) is 0 Å². The zero-order valence-corrected chi connectivity index (χ0v) is 11.1. The van der Waals surface area contributed by atoms with E-state index in [1.807, 2.05) is 0 Å². The van der Waals surface area contributed by atoms with Crippen LogP contribution in [0.25, 0.3) is 0 Å². The van der Waals surface area contributed by atoms with Crippen LogP contribution in [-0.2, 0) is 0 Å². The minimum Gasteiger partial charge on any atom is -0.396 e. The highest BCUT2D eigenvalue weighted by Gasteiger charge is 2.06. The monoisotopic (exact) mass is 230 g/mol. The molecule has 0 spiro atoms. The molecular weight excluding hydrogens is 200 g/mol. The van der Waals surface area contributed by atoms with E-state index in [2.05, 4.69) is 18.7 Å². The van der Waals surface area contributed by atoms with Crippen LogP contribution in [0.4, 0.5) is 0 Å². The molecule has 3 N–H and O–H groups in total. The molecule has 0 aliphatic heterocycles. The van der Waals surface area contributed by atoms with Crippen molar-refractivity contribution in [2.45, 2.75) is 46.0 Å². The first-order valence-corrected chi connectivity index (χ1v) is 6.74. The van der Waals surface area contributed by atoms with Gasteiger partial charge in [0.15, 0.2) is 0 Å². The topological polar surface area (TPSA) is 49.5 Å². The van der Waals surface area contributed by atoms with Gasteiger partial charge in [0.05, 0.1) is 0 Å². The number of rotatable bonds is 11. The molecule has 3 nitrogen and oxygen atoms in total. The van der Waals surface area contributed by atoms with Gasteiger partial charge in [-0.05, 0) is 44.8 Å². The Morgan fingerprint density at radius 2 is 1.62 bits per heavy atom. The zero-order chi connectivity index (χ0) is 12.2. The molecule has 0 fully saturated rings. The zero-order valence-electron chi connectivity index (χ0n) is 11.1. The predicted molar refractivity (Wildman–Crippen MR) is 70.5 cm³/mol. The molecule has 0 amide bonds. The standard InChI is InChI=1S/C13H30N2O/c1-13(2)12-15(10-7-8-14)9-5-3-4-6-11-16/h13,16H,3-12,14H2,1-2H3. The van der Waals surface area contributed by atoms with Crippen molar-refractivity contribution in [2.24, 2.45) is 11.7 Å². The highest BCUT2D eigenvalue weighted by Crippen LogP contribution is 2.05. The largest absolute Gasteiger partial charge is 0.396 e. The van der Waals surface area contributed by atoms with Crippen LogP contribution < -0.4 is 5.73 Å². The van der Waals surface area contributed by atoms with Crippen molar-refractivity contribution in [1.82, 2.24) is 4.90 Å². The van der Waals surface area contributed by atoms with E-state index in [1.54, 1.807) is 0 Å². The fraction of sp³-hybridized carbons (Fsp3) is 1.00. The van der Waals surface area contributed by atoms with Gasteiger partial charge in [-0.2, -0.15) is 0 Å². The molecule has 0 saturated heterocycles. The summed E-state index contributed by atoms with van der Waals surface area (Å²) in [6, 6.07) is 0. The SMILES string of the molecule is CC(C)CN(CCCN)CCCCCCO. The lowest BCUT2D eigenvalue weighted by Gasteiger charge is -2.24. The van der Waals surface area contributed by atoms with Crippen LogP contribution in [0.1, 0.15) is 46.0 Å². The van der Waals surface area contributed by atoms with Gasteiger partial charge >= 0.3 is 0 Å². The maximum atomic E-state index is 8.69. The van der Waals surface area contributed by atoms with Crippen LogP contribution >= 0.6 is 0 Å². The van der Waals surface area contributed by atoms with E-state index in [-0.39, 0.29) is 0 Å². The van der Waals surface area contributed by atoms with E-state index in [9.17, 15) is 0 Å². The van der Waals surface area contributed by atoms with E-state index in [1.165, 1.54) is 25.9 Å². The Morgan fingerprint density at radius 3 is 2.19 bits per heavy atom. The van der Waals surface area contributed by atoms with E-state index in [4.69, 9.17) is 10.8 Å². The average Bonchev–Trinajstić information content (AvgIpc) is 2.24. The Kier molecular flexibility index (Phi) is 11.3. The third-order valence-corrected chi connectivity index (χ3v) is 2.68. The van der Waals surface area contributed by atoms with E-state index in [0.29, 0.717) is 6.61 Å². The molecule has 0 radical (unpaired) electrons. The molecule has 0 aliphatic rings. The number of hydrogen-bond donors (Lipinski definition) is 2. The van der Waals surface area contributed by atoms with Crippen LogP contribution in [0.2, 0.25) is 0 Å². The molecule has 16 heavy (non-hydrogen) atoms. The molecule has 98 valence electrons. The van der Waals surface area contributed by atoms with Crippen LogP contribution in [0.5, 0.6) is 0 Å². The minimum atomic E-state index is 0.336. The number of hydrogen-bond acceptors (Lipinski definition) is 3. The summed E-state index contributed by atoms with van der Waals surface area (Å²) in [5.74, 6) is 0.732. The summed E-state index contributed by atoms with van der Waals surface area (Å²) in [6.07, 6.45) is 5.69. The number of aliphatic hydroxyl groups excluding tert-OH is 1. The Labute approximate surface area is 101 Å². The number of nitrogens with zero attached hydrogens (tertiary/aromatic N) is 1. The second-order valence-corrected chi connectivity index (χ2v) is 4.97. The number of unbranched alkanes of at least 4 members (excludes halogenated alkanes) is 3. The van der Waals surface area contributed by atoms with Crippen molar-refractivity contribution in [3.05, 3.63) is 0 Å². The van der Waals surface area contributed by atoms with Gasteiger partial charge in [-0.1, -0.05) is 26.7 Å². The van der Waals surface area contributed by atoms with Crippen molar-refractivity contribution >= 4 is 0 Å². The van der Waals surface area contributed by atoms with Crippen molar-refractivity contribution in [1.29, 1.82) is 0 Å². The maximum absolute atomic E-state index is 8.69. The van der Waals surface area contributed by atoms with Gasteiger partial charge in [0, 0.05) is 13.2 Å². The lowest BCUT2D eigenvalue weighted by molar-refractivity contribution is 0.234. The summed E-state index contributed by atoms with van der Waals surface area (Å²) < 4.78 is 0. The van der Waals surface area contributed by atoms with Gasteiger partial charge in [-0.3, -0.25) is 0 Å². The minimum absolute atomic E-state index is 0.336. The lowest BCUT2D eigenvalue weighted by atomic mass is 10.1. The predicted octanol–water partition coefficient (Wildman–Crippen LogP) is 1.85. The fourth-order valence-electron chi connectivity index (χ4n) is 1.93. The van der Waals surface area contributed by atoms with Crippen LogP contribution in [0.3, 0.4) is 0 Å². The molecule has 0 heterocycles. The highest BCUT2D eigenvalue weighted by atomic mass is 16.2. The maximum Gasteiger partial charge on any atom is 0.0431 e. The summed E-state index contributed by atoms with van der Waals surface area (Å²) in [5.41, 5.74) is 5.55. The number of aliphatic hydroxyl groups is 1. The Hall–Kier alpha value is -0.120. The van der Waals surface area contributed by atoms with Gasteiger partial charge in [0.1, 0.15) is 0 Å². The van der Waals surface area contributed by atoms with Crippen molar-refractivity contribution in [2.75, 3.05) is 32.8 Å². The van der Waals surface area contributed by atoms with Gasteiger partial charge in [-0.15, -0.1) is 0 Å².